The van der Waals surface area contributed by atoms with Gasteiger partial charge in [-0.1, -0.05) is 0 Å². The first-order chi connectivity index (χ1) is 14.6. The Balaban J connectivity index is 1.95. The van der Waals surface area contributed by atoms with Gasteiger partial charge in [0.2, 0.25) is 0 Å². The summed E-state index contributed by atoms with van der Waals surface area (Å²) < 4.78 is 6.03. The molecular weight excluding hydrogens is 455 g/mol. The van der Waals surface area contributed by atoms with Gasteiger partial charge in [-0.3, -0.25) is 0 Å². The Kier molecular flexibility index (Phi) is 5.85. The van der Waals surface area contributed by atoms with E-state index < -0.39 is 5.31 Å². The number of carbonyl (C=O) groups is 1. The Morgan fingerprint density at radius 1 is 0.600 bits per heavy atom. The third-order valence-corrected chi connectivity index (χ3v) is 14.4. The van der Waals surface area contributed by atoms with Crippen LogP contribution < -0.4 is 15.9 Å². The summed E-state index contributed by atoms with van der Waals surface area (Å²) in [6, 6.07) is 39.5. The van der Waals surface area contributed by atoms with E-state index in [0.29, 0.717) is 0 Å². The average Bonchev–Trinajstić information content (AvgIpc) is 2.84. The Hall–Kier alpha value is -2.74. The van der Waals surface area contributed by atoms with Gasteiger partial charge in [-0.15, -0.1) is 0 Å². The van der Waals surface area contributed by atoms with E-state index in [1.807, 2.05) is 121 Å². The van der Waals surface area contributed by atoms with Crippen LogP contribution in [0.25, 0.3) is 0 Å². The zero-order valence-electron chi connectivity index (χ0n) is 16.4. The van der Waals surface area contributed by atoms with Crippen LogP contribution in [0.15, 0.2) is 121 Å². The maximum absolute atomic E-state index is 14.2. The van der Waals surface area contributed by atoms with E-state index in [1.54, 1.807) is 0 Å². The van der Waals surface area contributed by atoms with Crippen molar-refractivity contribution < 1.29 is 9.53 Å². The summed E-state index contributed by atoms with van der Waals surface area (Å²) >= 11 is 4.11. The van der Waals surface area contributed by atoms with E-state index in [0.717, 1.165) is 21.5 Å². The van der Waals surface area contributed by atoms with Gasteiger partial charge in [0.25, 0.3) is 0 Å². The summed E-state index contributed by atoms with van der Waals surface area (Å²) in [6.07, 6.45) is 0. The van der Waals surface area contributed by atoms with Crippen molar-refractivity contribution in [1.82, 2.24) is 0 Å². The average molecular weight is 477 g/mol. The second kappa shape index (κ2) is 8.55. The number of halogens is 1. The van der Waals surface area contributed by atoms with E-state index in [2.05, 4.69) is 15.5 Å². The monoisotopic (exact) mass is 476 g/mol. The molecule has 0 radical (unpaired) electrons. The first-order valence-electron chi connectivity index (χ1n) is 9.76. The Morgan fingerprint density at radius 2 is 0.933 bits per heavy atom. The third kappa shape index (κ3) is 3.39. The van der Waals surface area contributed by atoms with Gasteiger partial charge in [0.05, 0.1) is 0 Å². The van der Waals surface area contributed by atoms with Gasteiger partial charge in [0, 0.05) is 0 Å². The van der Waals surface area contributed by atoms with E-state index in [9.17, 15) is 4.79 Å². The van der Waals surface area contributed by atoms with Crippen LogP contribution in [0.3, 0.4) is 0 Å². The molecule has 0 saturated heterocycles. The van der Waals surface area contributed by atoms with Crippen LogP contribution in [-0.2, 0) is 11.3 Å². The zero-order chi connectivity index (χ0) is 20.9. The predicted octanol–water partition coefficient (Wildman–Crippen LogP) is 6.16. The summed E-state index contributed by atoms with van der Waals surface area (Å²) in [4.78, 5) is 14.2. The van der Waals surface area contributed by atoms with Gasteiger partial charge in [0.1, 0.15) is 0 Å². The molecule has 0 aliphatic heterocycles. The van der Waals surface area contributed by atoms with Crippen LogP contribution in [0.4, 0.5) is 4.79 Å². The molecular formula is C26H22BrO2P. The molecule has 0 aromatic heterocycles. The molecule has 30 heavy (non-hydrogen) atoms. The second-order valence-corrected chi connectivity index (χ2v) is 15.2. The predicted molar refractivity (Wildman–Crippen MR) is 131 cm³/mol. The molecule has 0 atom stereocenters. The minimum absolute atomic E-state index is 0.218. The fraction of sp³-hybridized carbons (Fsp3) is 0.0385. The summed E-state index contributed by atoms with van der Waals surface area (Å²) in [5.74, 6) is 0. The molecule has 4 aromatic rings. The fourth-order valence-electron chi connectivity index (χ4n) is 3.73. The van der Waals surface area contributed by atoms with Crippen LogP contribution in [0.2, 0.25) is 0 Å². The Bertz CT molecular complexity index is 1020. The van der Waals surface area contributed by atoms with Gasteiger partial charge in [0.15, 0.2) is 0 Å². The van der Waals surface area contributed by atoms with Crippen LogP contribution in [-0.4, -0.2) is 5.71 Å². The first-order valence-corrected chi connectivity index (χ1v) is 14.0. The Morgan fingerprint density at radius 3 is 1.30 bits per heavy atom. The number of ether oxygens (including phenoxy) is 1. The molecule has 0 aliphatic carbocycles. The van der Waals surface area contributed by atoms with Crippen molar-refractivity contribution in [1.29, 1.82) is 0 Å². The quantitative estimate of drug-likeness (QED) is 0.311. The number of benzene rings is 4. The molecule has 0 N–H and O–H groups in total. The molecule has 4 aromatic carbocycles. The fourth-order valence-corrected chi connectivity index (χ4v) is 10.2. The molecule has 0 aliphatic rings. The van der Waals surface area contributed by atoms with E-state index in [4.69, 9.17) is 4.74 Å². The van der Waals surface area contributed by atoms with Gasteiger partial charge in [-0.25, -0.2) is 0 Å². The van der Waals surface area contributed by atoms with Crippen molar-refractivity contribution >= 4 is 42.4 Å². The first kappa shape index (κ1) is 20.5. The molecule has 0 spiro atoms. The minimum atomic E-state index is -3.75. The number of rotatable bonds is 6. The van der Waals surface area contributed by atoms with Gasteiger partial charge in [-0.2, -0.15) is 0 Å². The van der Waals surface area contributed by atoms with Crippen LogP contribution in [0.5, 0.6) is 0 Å². The van der Waals surface area contributed by atoms with Crippen LogP contribution >= 0.6 is 20.8 Å². The summed E-state index contributed by atoms with van der Waals surface area (Å²) in [5, 5.41) is -1.00. The SMILES string of the molecule is O=C(OCc1ccccc1)P(Br)(c1ccccc1)(c1ccccc1)c1ccccc1. The summed E-state index contributed by atoms with van der Waals surface area (Å²) in [6.45, 7) is 0.218. The number of hydrogen-bond donors (Lipinski definition) is 0. The molecule has 0 amide bonds. The Labute approximate surface area is 185 Å². The number of hydrogen-bond acceptors (Lipinski definition) is 2. The molecule has 2 nitrogen and oxygen atoms in total. The molecule has 0 fully saturated rings. The van der Waals surface area contributed by atoms with Crippen LogP contribution in [0.1, 0.15) is 5.56 Å². The van der Waals surface area contributed by atoms with Gasteiger partial charge in [-0.05, 0) is 0 Å². The van der Waals surface area contributed by atoms with Gasteiger partial charge < -0.3 is 0 Å². The molecule has 0 saturated carbocycles. The molecule has 0 heterocycles. The molecule has 150 valence electrons. The van der Waals surface area contributed by atoms with Gasteiger partial charge >= 0.3 is 185 Å². The second-order valence-electron chi connectivity index (χ2n) is 7.06. The molecule has 0 unspecified atom stereocenters. The van der Waals surface area contributed by atoms with Crippen molar-refractivity contribution in [3.8, 4) is 0 Å². The van der Waals surface area contributed by atoms with Crippen molar-refractivity contribution in [3.63, 3.8) is 0 Å². The van der Waals surface area contributed by atoms with E-state index in [1.165, 1.54) is 0 Å². The van der Waals surface area contributed by atoms with Crippen molar-refractivity contribution in [2.45, 2.75) is 6.61 Å². The maximum atomic E-state index is 14.2. The van der Waals surface area contributed by atoms with Crippen molar-refractivity contribution in [3.05, 3.63) is 127 Å². The molecule has 0 bridgehead atoms. The van der Waals surface area contributed by atoms with Crippen molar-refractivity contribution in [2.75, 3.05) is 0 Å². The van der Waals surface area contributed by atoms with E-state index >= 15 is 0 Å². The zero-order valence-corrected chi connectivity index (χ0v) is 18.9. The summed E-state index contributed by atoms with van der Waals surface area (Å²) in [5.41, 5.74) is 0.700. The van der Waals surface area contributed by atoms with Crippen molar-refractivity contribution in [2.24, 2.45) is 0 Å². The third-order valence-electron chi connectivity index (χ3n) is 5.27. The molecule has 4 heteroatoms. The topological polar surface area (TPSA) is 26.3 Å². The number of carbonyl (C=O) groups excluding carboxylic acids is 1. The van der Waals surface area contributed by atoms with E-state index in [-0.39, 0.29) is 12.3 Å². The standard InChI is InChI=1S/C26H22BrO2P/c27-30(23-15-7-2-8-16-23,24-17-9-3-10-18-24,25-19-11-4-12-20-25)26(28)29-21-22-13-5-1-6-14-22/h1-20H,21H2. The van der Waals surface area contributed by atoms with Crippen LogP contribution in [0, 0.1) is 0 Å². The summed E-state index contributed by atoms with van der Waals surface area (Å²) in [7, 11) is 0. The normalized spacial score (nSPS) is 12.5. The molecule has 4 rings (SSSR count).